The molecule has 5 nitrogen and oxygen atoms in total. The van der Waals surface area contributed by atoms with Gasteiger partial charge in [0.1, 0.15) is 5.75 Å². The number of hydrogen-bond donors (Lipinski definition) is 1. The number of carbonyl (C=O) groups excluding carboxylic acids is 1. The van der Waals surface area contributed by atoms with Crippen LogP contribution in [0.5, 0.6) is 0 Å². The maximum Gasteiger partial charge on any atom is 0.235 e. The van der Waals surface area contributed by atoms with E-state index in [2.05, 4.69) is 5.32 Å². The lowest BCUT2D eigenvalue weighted by Crippen LogP contribution is -2.32. The molecule has 0 atom stereocenters. The molecule has 1 aromatic carbocycles. The fourth-order valence-corrected chi connectivity index (χ4v) is 2.74. The molecule has 1 amide bonds. The van der Waals surface area contributed by atoms with Crippen LogP contribution in [0.15, 0.2) is 35.2 Å². The van der Waals surface area contributed by atoms with Crippen LogP contribution in [-0.2, 0) is 14.6 Å². The topological polar surface area (TPSA) is 66.5 Å². The number of rotatable bonds is 7. The minimum absolute atomic E-state index is 0.179. The van der Waals surface area contributed by atoms with Crippen molar-refractivity contribution in [2.75, 3.05) is 32.9 Å². The summed E-state index contributed by atoms with van der Waals surface area (Å²) in [5.41, 5.74) is 0. The third kappa shape index (κ3) is 5.85. The van der Waals surface area contributed by atoms with Gasteiger partial charge in [-0.1, -0.05) is 18.2 Å². The summed E-state index contributed by atoms with van der Waals surface area (Å²) in [7, 11) is 0.357. The van der Waals surface area contributed by atoms with Crippen molar-refractivity contribution in [3.05, 3.63) is 30.3 Å². The molecular weight excluding hydrogens is 264 g/mol. The van der Waals surface area contributed by atoms with Crippen LogP contribution in [0, 0.1) is 0 Å². The molecule has 19 heavy (non-hydrogen) atoms. The van der Waals surface area contributed by atoms with Crippen molar-refractivity contribution in [3.8, 4) is 0 Å². The Labute approximate surface area is 114 Å². The van der Waals surface area contributed by atoms with Crippen molar-refractivity contribution in [1.82, 2.24) is 10.2 Å². The number of amides is 1. The Bertz CT molecular complexity index is 498. The van der Waals surface area contributed by atoms with Crippen LogP contribution in [0.3, 0.4) is 0 Å². The van der Waals surface area contributed by atoms with Gasteiger partial charge in [-0.2, -0.15) is 0 Å². The van der Waals surface area contributed by atoms with E-state index in [1.165, 1.54) is 12.1 Å². The summed E-state index contributed by atoms with van der Waals surface area (Å²) in [6.07, 6.45) is 0.796. The number of hydrogen-bond acceptors (Lipinski definition) is 4. The fraction of sp³-hybridized carbons (Fsp3) is 0.462. The number of benzene rings is 1. The smallest absolute Gasteiger partial charge is 0.235 e. The number of nitrogens with one attached hydrogen (secondary N) is 1. The van der Waals surface area contributed by atoms with Crippen molar-refractivity contribution < 1.29 is 13.2 Å². The van der Waals surface area contributed by atoms with Gasteiger partial charge in [0.05, 0.1) is 4.90 Å². The maximum atomic E-state index is 11.9. The molecule has 0 saturated carbocycles. The van der Waals surface area contributed by atoms with Crippen LogP contribution < -0.4 is 5.32 Å². The second-order valence-corrected chi connectivity index (χ2v) is 6.57. The van der Waals surface area contributed by atoms with Crippen molar-refractivity contribution in [3.63, 3.8) is 0 Å². The van der Waals surface area contributed by atoms with Crippen LogP contribution in [0.4, 0.5) is 0 Å². The Balaban J connectivity index is 2.44. The number of carbonyl (C=O) groups is 1. The van der Waals surface area contributed by atoms with Crippen molar-refractivity contribution in [2.45, 2.75) is 11.3 Å². The third-order valence-electron chi connectivity index (χ3n) is 2.53. The maximum absolute atomic E-state index is 11.9. The molecule has 106 valence electrons. The normalized spacial score (nSPS) is 11.5. The van der Waals surface area contributed by atoms with E-state index in [4.69, 9.17) is 0 Å². The SMILES string of the molecule is CN(C)CCCNC(=O)CS(=O)(=O)c1ccccc1. The highest BCUT2D eigenvalue weighted by Gasteiger charge is 2.18. The molecule has 0 spiro atoms. The standard InChI is InChI=1S/C13H20N2O3S/c1-15(2)10-6-9-14-13(16)11-19(17,18)12-7-4-3-5-8-12/h3-5,7-8H,6,9-11H2,1-2H3,(H,14,16). The van der Waals surface area contributed by atoms with Crippen LogP contribution in [0.2, 0.25) is 0 Å². The van der Waals surface area contributed by atoms with E-state index in [0.29, 0.717) is 6.54 Å². The quantitative estimate of drug-likeness (QED) is 0.742. The third-order valence-corrected chi connectivity index (χ3v) is 4.16. The molecule has 0 heterocycles. The molecule has 1 N–H and O–H groups in total. The van der Waals surface area contributed by atoms with E-state index in [0.717, 1.165) is 13.0 Å². The van der Waals surface area contributed by atoms with Gasteiger partial charge in [0.2, 0.25) is 5.91 Å². The monoisotopic (exact) mass is 284 g/mol. The Kier molecular flexibility index (Phi) is 5.98. The van der Waals surface area contributed by atoms with Gasteiger partial charge in [0.15, 0.2) is 9.84 Å². The predicted octanol–water partition coefficient (Wildman–Crippen LogP) is 0.528. The van der Waals surface area contributed by atoms with Gasteiger partial charge in [-0.15, -0.1) is 0 Å². The zero-order valence-corrected chi connectivity index (χ0v) is 12.1. The summed E-state index contributed by atoms with van der Waals surface area (Å²) in [4.78, 5) is 13.8. The van der Waals surface area contributed by atoms with E-state index in [1.807, 2.05) is 19.0 Å². The summed E-state index contributed by atoms with van der Waals surface area (Å²) in [5.74, 6) is -0.957. The van der Waals surface area contributed by atoms with Crippen molar-refractivity contribution >= 4 is 15.7 Å². The molecule has 0 bridgehead atoms. The summed E-state index contributed by atoms with van der Waals surface area (Å²) >= 11 is 0. The molecule has 1 aromatic rings. The van der Waals surface area contributed by atoms with Crippen molar-refractivity contribution in [2.24, 2.45) is 0 Å². The molecule has 0 aliphatic carbocycles. The minimum Gasteiger partial charge on any atom is -0.355 e. The van der Waals surface area contributed by atoms with Crippen molar-refractivity contribution in [1.29, 1.82) is 0 Å². The van der Waals surface area contributed by atoms with E-state index in [9.17, 15) is 13.2 Å². The first-order valence-corrected chi connectivity index (χ1v) is 7.76. The highest BCUT2D eigenvalue weighted by molar-refractivity contribution is 7.92. The minimum atomic E-state index is -3.54. The lowest BCUT2D eigenvalue weighted by atomic mass is 10.4. The first-order chi connectivity index (χ1) is 8.92. The first-order valence-electron chi connectivity index (χ1n) is 6.11. The van der Waals surface area contributed by atoms with Crippen LogP contribution in [0.1, 0.15) is 6.42 Å². The lowest BCUT2D eigenvalue weighted by molar-refractivity contribution is -0.118. The Hall–Kier alpha value is -1.40. The average Bonchev–Trinajstić information content (AvgIpc) is 2.35. The van der Waals surface area contributed by atoms with Gasteiger partial charge in [-0.05, 0) is 39.2 Å². The Morgan fingerprint density at radius 1 is 1.21 bits per heavy atom. The summed E-state index contributed by atoms with van der Waals surface area (Å²) in [5, 5.41) is 2.62. The molecular formula is C13H20N2O3S. The predicted molar refractivity (Wildman–Crippen MR) is 74.7 cm³/mol. The van der Waals surface area contributed by atoms with E-state index in [1.54, 1.807) is 18.2 Å². The second-order valence-electron chi connectivity index (χ2n) is 4.58. The molecule has 0 aliphatic rings. The number of nitrogens with zero attached hydrogens (tertiary/aromatic N) is 1. The Morgan fingerprint density at radius 3 is 2.42 bits per heavy atom. The zero-order chi connectivity index (χ0) is 14.3. The van der Waals surface area contributed by atoms with Crippen LogP contribution in [-0.4, -0.2) is 52.2 Å². The zero-order valence-electron chi connectivity index (χ0n) is 11.3. The summed E-state index contributed by atoms with van der Waals surface area (Å²) in [6.45, 7) is 1.34. The fourth-order valence-electron chi connectivity index (χ4n) is 1.56. The molecule has 6 heteroatoms. The van der Waals surface area contributed by atoms with E-state index >= 15 is 0 Å². The molecule has 1 rings (SSSR count). The summed E-state index contributed by atoms with van der Waals surface area (Å²) < 4.78 is 23.8. The first kappa shape index (κ1) is 15.7. The van der Waals surface area contributed by atoms with Gasteiger partial charge in [-0.25, -0.2) is 8.42 Å². The molecule has 0 aromatic heterocycles. The largest absolute Gasteiger partial charge is 0.355 e. The second kappa shape index (κ2) is 7.25. The molecule has 0 radical (unpaired) electrons. The summed E-state index contributed by atoms with van der Waals surface area (Å²) in [6, 6.07) is 8.01. The molecule has 0 aliphatic heterocycles. The molecule has 0 unspecified atom stereocenters. The van der Waals surface area contributed by atoms with Gasteiger partial charge < -0.3 is 10.2 Å². The number of sulfone groups is 1. The highest BCUT2D eigenvalue weighted by Crippen LogP contribution is 2.09. The van der Waals surface area contributed by atoms with Crippen LogP contribution in [0.25, 0.3) is 0 Å². The highest BCUT2D eigenvalue weighted by atomic mass is 32.2. The van der Waals surface area contributed by atoms with Gasteiger partial charge in [0.25, 0.3) is 0 Å². The lowest BCUT2D eigenvalue weighted by Gasteiger charge is -2.10. The Morgan fingerprint density at radius 2 is 1.84 bits per heavy atom. The van der Waals surface area contributed by atoms with Crippen LogP contribution >= 0.6 is 0 Å². The molecule has 0 fully saturated rings. The average molecular weight is 284 g/mol. The van der Waals surface area contributed by atoms with Gasteiger partial charge >= 0.3 is 0 Å². The molecule has 0 saturated heterocycles. The van der Waals surface area contributed by atoms with Gasteiger partial charge in [-0.3, -0.25) is 4.79 Å². The van der Waals surface area contributed by atoms with Gasteiger partial charge in [0, 0.05) is 6.54 Å². The van der Waals surface area contributed by atoms with E-state index in [-0.39, 0.29) is 4.90 Å². The van der Waals surface area contributed by atoms with E-state index < -0.39 is 21.5 Å².